The quantitative estimate of drug-likeness (QED) is 0.360. The number of hydrogen-bond acceptors (Lipinski definition) is 3. The van der Waals surface area contributed by atoms with E-state index < -0.39 is 0 Å². The second-order valence-corrected chi connectivity index (χ2v) is 3.18. The van der Waals surface area contributed by atoms with E-state index in [1.807, 2.05) is 6.92 Å². The zero-order valence-electron chi connectivity index (χ0n) is 6.14. The molecule has 0 aromatic heterocycles. The summed E-state index contributed by atoms with van der Waals surface area (Å²) in [5.41, 5.74) is 0. The molecule has 56 valence electrons. The first-order valence-electron chi connectivity index (χ1n) is 2.91. The SMILES string of the molecule is CC#CCCSC(=S)OC. The number of thiocarbonyl (C=S) groups is 1. The van der Waals surface area contributed by atoms with Crippen LogP contribution in [0.15, 0.2) is 0 Å². The predicted octanol–water partition coefficient (Wildman–Crippen LogP) is 2.06. The van der Waals surface area contributed by atoms with Crippen molar-refractivity contribution in [1.29, 1.82) is 0 Å². The third-order valence-corrected chi connectivity index (χ3v) is 2.12. The Hall–Kier alpha value is -0.200. The van der Waals surface area contributed by atoms with Crippen molar-refractivity contribution in [2.75, 3.05) is 12.9 Å². The fraction of sp³-hybridized carbons (Fsp3) is 0.571. The highest BCUT2D eigenvalue weighted by Gasteiger charge is 1.92. The monoisotopic (exact) mass is 174 g/mol. The first-order valence-corrected chi connectivity index (χ1v) is 4.31. The molecule has 0 amide bonds. The van der Waals surface area contributed by atoms with Gasteiger partial charge in [0.15, 0.2) is 0 Å². The zero-order valence-corrected chi connectivity index (χ0v) is 7.77. The highest BCUT2D eigenvalue weighted by molar-refractivity contribution is 8.22. The summed E-state index contributed by atoms with van der Waals surface area (Å²) in [6.45, 7) is 1.83. The van der Waals surface area contributed by atoms with Crippen LogP contribution in [0.4, 0.5) is 0 Å². The Balaban J connectivity index is 3.17. The lowest BCUT2D eigenvalue weighted by molar-refractivity contribution is 0.426. The van der Waals surface area contributed by atoms with E-state index in [2.05, 4.69) is 11.8 Å². The first-order chi connectivity index (χ1) is 4.81. The lowest BCUT2D eigenvalue weighted by Crippen LogP contribution is -1.91. The number of ether oxygens (including phenoxy) is 1. The predicted molar refractivity (Wildman–Crippen MR) is 50.1 cm³/mol. The van der Waals surface area contributed by atoms with Gasteiger partial charge < -0.3 is 4.74 Å². The van der Waals surface area contributed by atoms with Gasteiger partial charge in [0, 0.05) is 12.2 Å². The summed E-state index contributed by atoms with van der Waals surface area (Å²) in [6, 6.07) is 0. The molecule has 0 radical (unpaired) electrons. The third-order valence-electron chi connectivity index (χ3n) is 0.790. The van der Waals surface area contributed by atoms with Crippen LogP contribution in [-0.4, -0.2) is 17.2 Å². The van der Waals surface area contributed by atoms with E-state index in [4.69, 9.17) is 17.0 Å². The molecule has 0 aromatic carbocycles. The van der Waals surface area contributed by atoms with Crippen molar-refractivity contribution in [2.45, 2.75) is 13.3 Å². The van der Waals surface area contributed by atoms with Gasteiger partial charge >= 0.3 is 0 Å². The van der Waals surface area contributed by atoms with Crippen molar-refractivity contribution in [2.24, 2.45) is 0 Å². The van der Waals surface area contributed by atoms with E-state index in [1.165, 1.54) is 11.8 Å². The molecule has 0 saturated carbocycles. The van der Waals surface area contributed by atoms with Crippen LogP contribution in [0.5, 0.6) is 0 Å². The van der Waals surface area contributed by atoms with Crippen LogP contribution >= 0.6 is 24.0 Å². The van der Waals surface area contributed by atoms with Crippen molar-refractivity contribution in [3.8, 4) is 11.8 Å². The molecule has 0 fully saturated rings. The smallest absolute Gasteiger partial charge is 0.219 e. The van der Waals surface area contributed by atoms with Gasteiger partial charge in [-0.05, 0) is 19.1 Å². The molecule has 0 bridgehead atoms. The minimum absolute atomic E-state index is 0.595. The average Bonchev–Trinajstić information content (AvgIpc) is 1.98. The Morgan fingerprint density at radius 2 is 2.40 bits per heavy atom. The van der Waals surface area contributed by atoms with Crippen molar-refractivity contribution < 1.29 is 4.74 Å². The largest absolute Gasteiger partial charge is 0.482 e. The molecule has 3 heteroatoms. The van der Waals surface area contributed by atoms with Crippen LogP contribution in [0.25, 0.3) is 0 Å². The van der Waals surface area contributed by atoms with Gasteiger partial charge in [-0.3, -0.25) is 0 Å². The summed E-state index contributed by atoms with van der Waals surface area (Å²) in [5, 5.41) is 0. The summed E-state index contributed by atoms with van der Waals surface area (Å²) in [5.74, 6) is 6.68. The molecule has 0 atom stereocenters. The van der Waals surface area contributed by atoms with Crippen LogP contribution in [0.3, 0.4) is 0 Å². The molecule has 0 unspecified atom stereocenters. The fourth-order valence-electron chi connectivity index (χ4n) is 0.369. The van der Waals surface area contributed by atoms with Crippen molar-refractivity contribution in [3.05, 3.63) is 0 Å². The highest BCUT2D eigenvalue weighted by Crippen LogP contribution is 2.05. The molecule has 0 saturated heterocycles. The van der Waals surface area contributed by atoms with Crippen LogP contribution in [0, 0.1) is 11.8 Å². The van der Waals surface area contributed by atoms with Crippen LogP contribution in [-0.2, 0) is 4.74 Å². The van der Waals surface area contributed by atoms with E-state index in [0.29, 0.717) is 4.38 Å². The lowest BCUT2D eigenvalue weighted by Gasteiger charge is -1.96. The average molecular weight is 174 g/mol. The Labute approximate surface area is 71.5 Å². The maximum absolute atomic E-state index is 4.80. The molecule has 0 N–H and O–H groups in total. The third kappa shape index (κ3) is 5.93. The Bertz CT molecular complexity index is 155. The molecule has 10 heavy (non-hydrogen) atoms. The van der Waals surface area contributed by atoms with Gasteiger partial charge in [0.25, 0.3) is 0 Å². The van der Waals surface area contributed by atoms with Gasteiger partial charge in [0.05, 0.1) is 7.11 Å². The minimum Gasteiger partial charge on any atom is -0.482 e. The minimum atomic E-state index is 0.595. The number of rotatable bonds is 2. The first kappa shape index (κ1) is 9.80. The van der Waals surface area contributed by atoms with E-state index in [0.717, 1.165) is 12.2 Å². The molecule has 1 nitrogen and oxygen atoms in total. The Kier molecular flexibility index (Phi) is 6.78. The van der Waals surface area contributed by atoms with Gasteiger partial charge in [-0.2, -0.15) is 0 Å². The maximum Gasteiger partial charge on any atom is 0.219 e. The molecule has 0 aromatic rings. The van der Waals surface area contributed by atoms with Gasteiger partial charge in [-0.25, -0.2) is 0 Å². The van der Waals surface area contributed by atoms with Gasteiger partial charge in [0.2, 0.25) is 4.38 Å². The summed E-state index contributed by atoms with van der Waals surface area (Å²) in [4.78, 5) is 0. The molecular formula is C7H10OS2. The molecule has 0 aliphatic heterocycles. The number of thioether (sulfide) groups is 1. The van der Waals surface area contributed by atoms with E-state index in [1.54, 1.807) is 7.11 Å². The van der Waals surface area contributed by atoms with Crippen LogP contribution < -0.4 is 0 Å². The summed E-state index contributed by atoms with van der Waals surface area (Å²) >= 11 is 6.32. The van der Waals surface area contributed by atoms with E-state index in [-0.39, 0.29) is 0 Å². The maximum atomic E-state index is 4.80. The summed E-state index contributed by atoms with van der Waals surface area (Å²) in [6.07, 6.45) is 0.880. The molecule has 0 heterocycles. The summed E-state index contributed by atoms with van der Waals surface area (Å²) < 4.78 is 5.37. The fourth-order valence-corrected chi connectivity index (χ4v) is 1.11. The van der Waals surface area contributed by atoms with Gasteiger partial charge in [-0.1, -0.05) is 11.8 Å². The highest BCUT2D eigenvalue weighted by atomic mass is 32.2. The van der Waals surface area contributed by atoms with Gasteiger partial charge in [0.1, 0.15) is 0 Å². The number of hydrogen-bond donors (Lipinski definition) is 0. The van der Waals surface area contributed by atoms with E-state index in [9.17, 15) is 0 Å². The second-order valence-electron chi connectivity index (χ2n) is 1.48. The molecule has 0 aliphatic rings. The molecule has 0 aliphatic carbocycles. The molecule has 0 spiro atoms. The molecular weight excluding hydrogens is 164 g/mol. The van der Waals surface area contributed by atoms with E-state index >= 15 is 0 Å². The summed E-state index contributed by atoms with van der Waals surface area (Å²) in [7, 11) is 1.58. The lowest BCUT2D eigenvalue weighted by atomic mass is 10.5. The molecule has 0 rings (SSSR count). The van der Waals surface area contributed by atoms with Crippen LogP contribution in [0.1, 0.15) is 13.3 Å². The van der Waals surface area contributed by atoms with Crippen molar-refractivity contribution in [1.82, 2.24) is 0 Å². The standard InChI is InChI=1S/C7H10OS2/c1-3-4-5-6-10-7(9)8-2/h5-6H2,1-2H3. The number of methoxy groups -OCH3 is 1. The topological polar surface area (TPSA) is 9.23 Å². The second kappa shape index (κ2) is 6.91. The normalized spacial score (nSPS) is 7.80. The van der Waals surface area contributed by atoms with Crippen molar-refractivity contribution >= 4 is 28.4 Å². The van der Waals surface area contributed by atoms with Crippen molar-refractivity contribution in [3.63, 3.8) is 0 Å². The Morgan fingerprint density at radius 1 is 1.70 bits per heavy atom. The van der Waals surface area contributed by atoms with Gasteiger partial charge in [-0.15, -0.1) is 11.8 Å². The Morgan fingerprint density at radius 3 is 2.90 bits per heavy atom. The zero-order chi connectivity index (χ0) is 7.82. The van der Waals surface area contributed by atoms with Crippen LogP contribution in [0.2, 0.25) is 0 Å².